The second-order valence-electron chi connectivity index (χ2n) is 13.9. The minimum atomic E-state index is -1.95. The molecule has 2 fully saturated rings. The lowest BCUT2D eigenvalue weighted by molar-refractivity contribution is -0.160. The van der Waals surface area contributed by atoms with E-state index in [1.807, 2.05) is 6.92 Å². The van der Waals surface area contributed by atoms with E-state index < -0.39 is 8.32 Å². The molecule has 5 nitrogen and oxygen atoms in total. The predicted octanol–water partition coefficient (Wildman–Crippen LogP) is 7.33. The van der Waals surface area contributed by atoms with Crippen LogP contribution in [0.25, 0.3) is 0 Å². The Labute approximate surface area is 219 Å². The molecule has 1 heterocycles. The Bertz CT molecular complexity index is 922. The van der Waals surface area contributed by atoms with Gasteiger partial charge in [0.25, 0.3) is 0 Å². The summed E-state index contributed by atoms with van der Waals surface area (Å²) in [5.74, 6) is 2.20. The van der Waals surface area contributed by atoms with Crippen molar-refractivity contribution in [2.24, 2.45) is 29.1 Å². The molecule has 4 rings (SSSR count). The van der Waals surface area contributed by atoms with Gasteiger partial charge < -0.3 is 13.9 Å². The van der Waals surface area contributed by atoms with E-state index >= 15 is 0 Å². The topological polar surface area (TPSA) is 61.8 Å². The SMILES string of the molecule is C[C@@H]1C(OC(=O)C2(C)CC2)=CC2=C[C@H](C)CC[C@@H]2[C@@H]1CC[C@@H]1C[C@@H](O[Si](C)(C)C(C)(C)C)CC(=O)O1. The van der Waals surface area contributed by atoms with Crippen LogP contribution in [-0.2, 0) is 23.5 Å². The number of hydrogen-bond donors (Lipinski definition) is 0. The van der Waals surface area contributed by atoms with Crippen LogP contribution in [0.2, 0.25) is 18.1 Å². The zero-order valence-electron chi connectivity index (χ0n) is 23.8. The van der Waals surface area contributed by atoms with Crippen molar-refractivity contribution in [3.05, 3.63) is 23.5 Å². The van der Waals surface area contributed by atoms with E-state index in [0.717, 1.165) is 37.9 Å². The average molecular weight is 517 g/mol. The first-order chi connectivity index (χ1) is 16.7. The van der Waals surface area contributed by atoms with Crippen molar-refractivity contribution in [3.63, 3.8) is 0 Å². The van der Waals surface area contributed by atoms with Crippen LogP contribution in [-0.4, -0.2) is 32.5 Å². The van der Waals surface area contributed by atoms with Crippen LogP contribution < -0.4 is 0 Å². The summed E-state index contributed by atoms with van der Waals surface area (Å²) in [6.45, 7) is 17.7. The minimum absolute atomic E-state index is 0.0531. The summed E-state index contributed by atoms with van der Waals surface area (Å²) >= 11 is 0. The normalized spacial score (nSPS) is 34.2. The van der Waals surface area contributed by atoms with Gasteiger partial charge in [-0.2, -0.15) is 0 Å². The smallest absolute Gasteiger partial charge is 0.316 e. The van der Waals surface area contributed by atoms with Gasteiger partial charge >= 0.3 is 11.9 Å². The standard InChI is InChI=1S/C30H48O5Si/c1-19-9-11-25-21(15-19)16-26(34-28(32)30(6)13-14-30)20(2)24(25)12-10-22-17-23(18-27(31)33-22)35-36(7,8)29(3,4)5/h15-16,19-20,22-25H,9-14,17-18H2,1-8H3/t19-,20+,22-,23-,24-,25+/m1/s1. The fourth-order valence-corrected chi connectivity index (χ4v) is 7.26. The highest BCUT2D eigenvalue weighted by atomic mass is 28.4. The second kappa shape index (κ2) is 10.1. The van der Waals surface area contributed by atoms with E-state index in [-0.39, 0.29) is 40.5 Å². The maximum Gasteiger partial charge on any atom is 0.316 e. The van der Waals surface area contributed by atoms with Gasteiger partial charge in [0, 0.05) is 12.3 Å². The van der Waals surface area contributed by atoms with Gasteiger partial charge in [-0.25, -0.2) is 0 Å². The van der Waals surface area contributed by atoms with Crippen molar-refractivity contribution >= 4 is 20.3 Å². The van der Waals surface area contributed by atoms with Gasteiger partial charge in [-0.05, 0) is 93.0 Å². The van der Waals surface area contributed by atoms with E-state index in [2.05, 4.69) is 59.9 Å². The molecule has 0 spiro atoms. The highest BCUT2D eigenvalue weighted by molar-refractivity contribution is 6.74. The van der Waals surface area contributed by atoms with Crippen molar-refractivity contribution in [1.29, 1.82) is 0 Å². The molecule has 36 heavy (non-hydrogen) atoms. The van der Waals surface area contributed by atoms with E-state index in [0.29, 0.717) is 24.2 Å². The van der Waals surface area contributed by atoms with Crippen LogP contribution >= 0.6 is 0 Å². The van der Waals surface area contributed by atoms with Gasteiger partial charge in [0.15, 0.2) is 8.32 Å². The molecule has 3 aliphatic carbocycles. The average Bonchev–Trinajstić information content (AvgIpc) is 3.51. The summed E-state index contributed by atoms with van der Waals surface area (Å²) in [6.07, 6.45) is 11.5. The molecule has 0 aromatic rings. The number of ether oxygens (including phenoxy) is 2. The molecule has 1 saturated heterocycles. The number of fused-ring (bicyclic) bond motifs is 1. The highest BCUT2D eigenvalue weighted by Gasteiger charge is 2.48. The summed E-state index contributed by atoms with van der Waals surface area (Å²) in [7, 11) is -1.95. The summed E-state index contributed by atoms with van der Waals surface area (Å²) in [6, 6.07) is 0. The molecule has 4 aliphatic rings. The van der Waals surface area contributed by atoms with E-state index in [9.17, 15) is 9.59 Å². The molecule has 202 valence electrons. The number of carbonyl (C=O) groups excluding carboxylic acids is 2. The van der Waals surface area contributed by atoms with Crippen LogP contribution in [0, 0.1) is 29.1 Å². The third kappa shape index (κ3) is 6.01. The molecular weight excluding hydrogens is 468 g/mol. The fraction of sp³-hybridized carbons (Fsp3) is 0.800. The first kappa shape index (κ1) is 27.6. The fourth-order valence-electron chi connectivity index (χ4n) is 5.89. The Morgan fingerprint density at radius 3 is 2.50 bits per heavy atom. The summed E-state index contributed by atoms with van der Waals surface area (Å²) in [5.41, 5.74) is 1.04. The Hall–Kier alpha value is -1.40. The lowest BCUT2D eigenvalue weighted by Crippen LogP contribution is -2.47. The monoisotopic (exact) mass is 516 g/mol. The Kier molecular flexibility index (Phi) is 7.71. The van der Waals surface area contributed by atoms with E-state index in [1.54, 1.807) is 0 Å². The van der Waals surface area contributed by atoms with Crippen LogP contribution in [0.3, 0.4) is 0 Å². The lowest BCUT2D eigenvalue weighted by atomic mass is 9.66. The van der Waals surface area contributed by atoms with Crippen LogP contribution in [0.1, 0.15) is 92.9 Å². The van der Waals surface area contributed by atoms with Crippen molar-refractivity contribution in [1.82, 2.24) is 0 Å². The van der Waals surface area contributed by atoms with Gasteiger partial charge in [0.1, 0.15) is 11.9 Å². The molecule has 0 amide bonds. The zero-order valence-corrected chi connectivity index (χ0v) is 24.8. The number of esters is 2. The molecule has 0 unspecified atom stereocenters. The molecule has 0 aromatic heterocycles. The van der Waals surface area contributed by atoms with Crippen LogP contribution in [0.4, 0.5) is 0 Å². The number of hydrogen-bond acceptors (Lipinski definition) is 5. The molecule has 6 heteroatoms. The van der Waals surface area contributed by atoms with Crippen molar-refractivity contribution in [2.45, 2.75) is 123 Å². The van der Waals surface area contributed by atoms with Crippen LogP contribution in [0.15, 0.2) is 23.5 Å². The number of carbonyl (C=O) groups is 2. The van der Waals surface area contributed by atoms with Crippen molar-refractivity contribution < 1.29 is 23.5 Å². The highest BCUT2D eigenvalue weighted by Crippen LogP contribution is 2.50. The Morgan fingerprint density at radius 1 is 1.17 bits per heavy atom. The van der Waals surface area contributed by atoms with Gasteiger partial charge in [0.05, 0.1) is 17.9 Å². The molecule has 6 atom stereocenters. The Morgan fingerprint density at radius 2 is 1.86 bits per heavy atom. The van der Waals surface area contributed by atoms with E-state index in [1.165, 1.54) is 18.4 Å². The summed E-state index contributed by atoms with van der Waals surface area (Å²) in [4.78, 5) is 25.3. The maximum atomic E-state index is 12.8. The molecule has 1 aliphatic heterocycles. The van der Waals surface area contributed by atoms with Gasteiger partial charge in [-0.3, -0.25) is 9.59 Å². The lowest BCUT2D eigenvalue weighted by Gasteiger charge is -2.42. The maximum absolute atomic E-state index is 12.8. The molecular formula is C30H48O5Si. The van der Waals surface area contributed by atoms with Crippen molar-refractivity contribution in [3.8, 4) is 0 Å². The van der Waals surface area contributed by atoms with Gasteiger partial charge in [-0.1, -0.05) is 40.7 Å². The number of rotatable bonds is 7. The quantitative estimate of drug-likeness (QED) is 0.262. The first-order valence-electron chi connectivity index (χ1n) is 14.2. The van der Waals surface area contributed by atoms with Gasteiger partial charge in [0.2, 0.25) is 0 Å². The Balaban J connectivity index is 1.44. The molecule has 0 radical (unpaired) electrons. The molecule has 0 N–H and O–H groups in total. The molecule has 0 bridgehead atoms. The summed E-state index contributed by atoms with van der Waals surface area (Å²) < 4.78 is 18.5. The van der Waals surface area contributed by atoms with Crippen LogP contribution in [0.5, 0.6) is 0 Å². The molecule has 1 saturated carbocycles. The predicted molar refractivity (Wildman–Crippen MR) is 145 cm³/mol. The van der Waals surface area contributed by atoms with E-state index in [4.69, 9.17) is 13.9 Å². The summed E-state index contributed by atoms with van der Waals surface area (Å²) in [5, 5.41) is 0.111. The largest absolute Gasteiger partial charge is 0.462 e. The number of cyclic esters (lactones) is 1. The third-order valence-corrected chi connectivity index (χ3v) is 14.3. The van der Waals surface area contributed by atoms with Gasteiger partial charge in [-0.15, -0.1) is 0 Å². The van der Waals surface area contributed by atoms with Crippen molar-refractivity contribution in [2.75, 3.05) is 0 Å². The first-order valence-corrected chi connectivity index (χ1v) is 17.1. The third-order valence-electron chi connectivity index (χ3n) is 9.77. The second-order valence-corrected chi connectivity index (χ2v) is 18.7. The number of allylic oxidation sites excluding steroid dienone is 4. The minimum Gasteiger partial charge on any atom is -0.462 e. The molecule has 0 aromatic carbocycles. The zero-order chi connectivity index (χ0) is 26.5.